The summed E-state index contributed by atoms with van der Waals surface area (Å²) in [6.45, 7) is 8.56. The summed E-state index contributed by atoms with van der Waals surface area (Å²) in [7, 11) is 1.33. The Morgan fingerprint density at radius 1 is 1.32 bits per heavy atom. The monoisotopic (exact) mass is 382 g/mol. The molecule has 25 heavy (non-hydrogen) atoms. The minimum atomic E-state index is -0.442. The van der Waals surface area contributed by atoms with E-state index in [9.17, 15) is 9.59 Å². The molecule has 2 aromatic heterocycles. The van der Waals surface area contributed by atoms with Crippen molar-refractivity contribution in [1.82, 2.24) is 15.2 Å². The molecule has 0 aliphatic heterocycles. The average Bonchev–Trinajstić information content (AvgIpc) is 3.14. The maximum absolute atomic E-state index is 12.5. The number of ether oxygens (including phenoxy) is 1. The van der Waals surface area contributed by atoms with Gasteiger partial charge in [0.15, 0.2) is 10.1 Å². The number of methoxy groups -OCH3 is 1. The highest BCUT2D eigenvalue weighted by molar-refractivity contribution is 8.01. The van der Waals surface area contributed by atoms with Crippen LogP contribution in [0.4, 0.5) is 5.13 Å². The SMILES string of the molecule is COC(=O)c1c(C)[nH]c(C(=O)CSc2nnc(NCC(C)C)s2)c1C. The molecule has 0 unspecified atom stereocenters. The molecule has 2 rings (SSSR count). The van der Waals surface area contributed by atoms with E-state index in [4.69, 9.17) is 4.74 Å². The van der Waals surface area contributed by atoms with Crippen molar-refractivity contribution in [2.24, 2.45) is 5.92 Å². The molecule has 0 aliphatic carbocycles. The van der Waals surface area contributed by atoms with Gasteiger partial charge in [-0.1, -0.05) is 36.9 Å². The van der Waals surface area contributed by atoms with Gasteiger partial charge in [0, 0.05) is 12.2 Å². The quantitative estimate of drug-likeness (QED) is 0.411. The Kier molecular flexibility index (Phi) is 6.60. The van der Waals surface area contributed by atoms with Crippen LogP contribution in [0, 0.1) is 19.8 Å². The molecular weight excluding hydrogens is 360 g/mol. The third kappa shape index (κ3) is 4.82. The lowest BCUT2D eigenvalue weighted by atomic mass is 10.1. The van der Waals surface area contributed by atoms with E-state index in [-0.39, 0.29) is 11.5 Å². The van der Waals surface area contributed by atoms with Crippen LogP contribution in [0.3, 0.4) is 0 Å². The summed E-state index contributed by atoms with van der Waals surface area (Å²) in [6, 6.07) is 0. The fourth-order valence-corrected chi connectivity index (χ4v) is 3.90. The molecule has 0 saturated carbocycles. The zero-order chi connectivity index (χ0) is 18.6. The molecule has 2 heterocycles. The second-order valence-electron chi connectivity index (χ2n) is 5.98. The second kappa shape index (κ2) is 8.48. The number of aromatic nitrogens is 3. The van der Waals surface area contributed by atoms with Crippen LogP contribution in [0.5, 0.6) is 0 Å². The molecule has 2 aromatic rings. The molecule has 0 fully saturated rings. The lowest BCUT2D eigenvalue weighted by Crippen LogP contribution is -2.07. The standard InChI is InChI=1S/C16H22N4O3S2/c1-8(2)6-17-15-19-20-16(25-15)24-7-11(21)13-9(3)12(10(4)18-13)14(22)23-5/h8,18H,6-7H2,1-5H3,(H,17,19). The number of anilines is 1. The number of hydrogen-bond acceptors (Lipinski definition) is 8. The predicted molar refractivity (Wildman–Crippen MR) is 99.9 cm³/mol. The minimum absolute atomic E-state index is 0.0901. The summed E-state index contributed by atoms with van der Waals surface area (Å²) < 4.78 is 5.49. The number of aryl methyl sites for hydroxylation is 1. The Morgan fingerprint density at radius 2 is 2.04 bits per heavy atom. The van der Waals surface area contributed by atoms with Gasteiger partial charge in [-0.2, -0.15) is 0 Å². The minimum Gasteiger partial charge on any atom is -0.465 e. The Bertz CT molecular complexity index is 768. The van der Waals surface area contributed by atoms with Crippen molar-refractivity contribution in [3.05, 3.63) is 22.5 Å². The molecule has 0 spiro atoms. The first-order chi connectivity index (χ1) is 11.8. The molecule has 0 saturated heterocycles. The van der Waals surface area contributed by atoms with Crippen molar-refractivity contribution >= 4 is 40.0 Å². The molecule has 2 N–H and O–H groups in total. The van der Waals surface area contributed by atoms with Crippen LogP contribution in [0.1, 0.15) is 46.0 Å². The summed E-state index contributed by atoms with van der Waals surface area (Å²) in [6.07, 6.45) is 0. The highest BCUT2D eigenvalue weighted by Gasteiger charge is 2.22. The lowest BCUT2D eigenvalue weighted by molar-refractivity contribution is 0.0599. The largest absolute Gasteiger partial charge is 0.465 e. The van der Waals surface area contributed by atoms with Gasteiger partial charge in [0.1, 0.15) is 0 Å². The third-order valence-corrected chi connectivity index (χ3v) is 5.51. The van der Waals surface area contributed by atoms with E-state index in [0.717, 1.165) is 16.0 Å². The molecule has 7 nitrogen and oxygen atoms in total. The number of ketones is 1. The van der Waals surface area contributed by atoms with Crippen molar-refractivity contribution in [3.63, 3.8) is 0 Å². The predicted octanol–water partition coefficient (Wildman–Crippen LogP) is 3.31. The second-order valence-corrected chi connectivity index (χ2v) is 8.18. The smallest absolute Gasteiger partial charge is 0.339 e. The van der Waals surface area contributed by atoms with E-state index < -0.39 is 5.97 Å². The number of Topliss-reactive ketones (excluding diaryl/α,β-unsaturated/α-hetero) is 1. The summed E-state index contributed by atoms with van der Waals surface area (Å²) >= 11 is 2.76. The van der Waals surface area contributed by atoms with Crippen LogP contribution >= 0.6 is 23.1 Å². The first-order valence-electron chi connectivity index (χ1n) is 7.84. The number of esters is 1. The van der Waals surface area contributed by atoms with Gasteiger partial charge in [-0.25, -0.2) is 4.79 Å². The Hall–Kier alpha value is -1.87. The molecule has 0 bridgehead atoms. The number of carbonyl (C=O) groups is 2. The number of aromatic amines is 1. The Morgan fingerprint density at radius 3 is 2.68 bits per heavy atom. The van der Waals surface area contributed by atoms with Gasteiger partial charge in [0.2, 0.25) is 5.13 Å². The van der Waals surface area contributed by atoms with Crippen molar-refractivity contribution < 1.29 is 14.3 Å². The van der Waals surface area contributed by atoms with E-state index in [2.05, 4.69) is 34.3 Å². The van der Waals surface area contributed by atoms with Gasteiger partial charge < -0.3 is 15.0 Å². The van der Waals surface area contributed by atoms with Gasteiger partial charge in [0.25, 0.3) is 0 Å². The number of hydrogen-bond donors (Lipinski definition) is 2. The van der Waals surface area contributed by atoms with Gasteiger partial charge in [-0.05, 0) is 25.3 Å². The topological polar surface area (TPSA) is 97.0 Å². The van der Waals surface area contributed by atoms with Crippen LogP contribution in [0.2, 0.25) is 0 Å². The highest BCUT2D eigenvalue weighted by atomic mass is 32.2. The zero-order valence-corrected chi connectivity index (χ0v) is 16.6. The van der Waals surface area contributed by atoms with Gasteiger partial charge in [0.05, 0.1) is 24.1 Å². The Balaban J connectivity index is 2.00. The van der Waals surface area contributed by atoms with E-state index in [1.807, 2.05) is 0 Å². The maximum atomic E-state index is 12.5. The molecule has 0 aromatic carbocycles. The maximum Gasteiger partial charge on any atom is 0.339 e. The highest BCUT2D eigenvalue weighted by Crippen LogP contribution is 2.27. The van der Waals surface area contributed by atoms with Gasteiger partial charge in [-0.15, -0.1) is 10.2 Å². The summed E-state index contributed by atoms with van der Waals surface area (Å²) in [5, 5.41) is 12.1. The van der Waals surface area contributed by atoms with Crippen molar-refractivity contribution in [3.8, 4) is 0 Å². The number of nitrogens with zero attached hydrogens (tertiary/aromatic N) is 2. The average molecular weight is 383 g/mol. The summed E-state index contributed by atoms with van der Waals surface area (Å²) in [5.74, 6) is 0.209. The van der Waals surface area contributed by atoms with E-state index in [1.165, 1.54) is 30.2 Å². The molecule has 0 amide bonds. The fraction of sp³-hybridized carbons (Fsp3) is 0.500. The van der Waals surface area contributed by atoms with Crippen LogP contribution in [-0.2, 0) is 4.74 Å². The number of rotatable bonds is 8. The normalized spacial score (nSPS) is 11.0. The van der Waals surface area contributed by atoms with E-state index in [1.54, 1.807) is 13.8 Å². The van der Waals surface area contributed by atoms with Crippen molar-refractivity contribution in [1.29, 1.82) is 0 Å². The van der Waals surface area contributed by atoms with Crippen molar-refractivity contribution in [2.45, 2.75) is 32.0 Å². The van der Waals surface area contributed by atoms with Crippen molar-refractivity contribution in [2.75, 3.05) is 24.7 Å². The molecule has 0 atom stereocenters. The first kappa shape index (κ1) is 19.5. The number of carbonyl (C=O) groups excluding carboxylic acids is 2. The number of H-pyrrole nitrogens is 1. The fourth-order valence-electron chi connectivity index (χ4n) is 2.27. The summed E-state index contributed by atoms with van der Waals surface area (Å²) in [5.41, 5.74) is 2.11. The zero-order valence-electron chi connectivity index (χ0n) is 14.9. The molecule has 136 valence electrons. The molecule has 0 aliphatic rings. The number of nitrogens with one attached hydrogen (secondary N) is 2. The summed E-state index contributed by atoms with van der Waals surface area (Å²) in [4.78, 5) is 27.3. The van der Waals surface area contributed by atoms with Crippen LogP contribution in [0.25, 0.3) is 0 Å². The van der Waals surface area contributed by atoms with Crippen LogP contribution in [0.15, 0.2) is 4.34 Å². The molecular formula is C16H22N4O3S2. The lowest BCUT2D eigenvalue weighted by Gasteiger charge is -2.03. The molecule has 9 heteroatoms. The van der Waals surface area contributed by atoms with E-state index >= 15 is 0 Å². The van der Waals surface area contributed by atoms with Crippen LogP contribution in [-0.4, -0.2) is 46.3 Å². The van der Waals surface area contributed by atoms with Gasteiger partial charge >= 0.3 is 5.97 Å². The number of thioether (sulfide) groups is 1. The van der Waals surface area contributed by atoms with E-state index in [0.29, 0.717) is 28.4 Å². The first-order valence-corrected chi connectivity index (χ1v) is 9.64. The molecule has 0 radical (unpaired) electrons. The third-order valence-electron chi connectivity index (χ3n) is 3.50. The Labute approximate surface area is 155 Å². The van der Waals surface area contributed by atoms with Crippen LogP contribution < -0.4 is 5.32 Å². The van der Waals surface area contributed by atoms with Gasteiger partial charge in [-0.3, -0.25) is 4.79 Å².